The molecule has 27 heavy (non-hydrogen) atoms. The first-order valence-electron chi connectivity index (χ1n) is 8.52. The third-order valence-electron chi connectivity index (χ3n) is 4.02. The fourth-order valence-corrected chi connectivity index (χ4v) is 3.15. The number of thioether (sulfide) groups is 1. The van der Waals surface area contributed by atoms with Crippen LogP contribution in [-0.4, -0.2) is 32.1 Å². The molecule has 0 unspecified atom stereocenters. The van der Waals surface area contributed by atoms with E-state index in [0.29, 0.717) is 5.16 Å². The smallest absolute Gasteiger partial charge is 0.250 e. The van der Waals surface area contributed by atoms with Crippen LogP contribution in [0.4, 0.5) is 0 Å². The van der Waals surface area contributed by atoms with Gasteiger partial charge in [-0.3, -0.25) is 4.79 Å². The number of amides is 1. The van der Waals surface area contributed by atoms with E-state index in [1.165, 1.54) is 17.3 Å². The number of nitrogens with one attached hydrogen (secondary N) is 1. The standard InChI is InChI=1S/C20H21N5OS/c1-14-9-11-16(12-10-14)15(2)21-22-18(26)13-27-20-24-23-19(25(20)3)17-7-5-4-6-8-17/h4-12H,13H2,1-3H3,(H,22,26). The lowest BCUT2D eigenvalue weighted by atomic mass is 10.1. The van der Waals surface area contributed by atoms with Gasteiger partial charge in [-0.25, -0.2) is 5.43 Å². The summed E-state index contributed by atoms with van der Waals surface area (Å²) in [4.78, 5) is 12.1. The molecule has 0 aliphatic carbocycles. The van der Waals surface area contributed by atoms with Gasteiger partial charge < -0.3 is 4.57 Å². The van der Waals surface area contributed by atoms with Crippen molar-refractivity contribution in [3.63, 3.8) is 0 Å². The zero-order valence-corrected chi connectivity index (χ0v) is 16.3. The molecule has 6 nitrogen and oxygen atoms in total. The van der Waals surface area contributed by atoms with Crippen molar-refractivity contribution in [3.05, 3.63) is 65.7 Å². The lowest BCUT2D eigenvalue weighted by molar-refractivity contribution is -0.118. The van der Waals surface area contributed by atoms with Gasteiger partial charge in [0.15, 0.2) is 11.0 Å². The first-order chi connectivity index (χ1) is 13.0. The number of nitrogens with zero attached hydrogens (tertiary/aromatic N) is 4. The number of aromatic nitrogens is 3. The molecule has 3 aromatic rings. The quantitative estimate of drug-likeness (QED) is 0.405. The Morgan fingerprint density at radius 2 is 1.81 bits per heavy atom. The van der Waals surface area contributed by atoms with E-state index in [0.717, 1.165) is 22.7 Å². The van der Waals surface area contributed by atoms with Gasteiger partial charge in [-0.05, 0) is 19.4 Å². The van der Waals surface area contributed by atoms with E-state index in [1.807, 2.05) is 80.1 Å². The Hall–Kier alpha value is -2.93. The summed E-state index contributed by atoms with van der Waals surface area (Å²) in [5, 5.41) is 13.2. The van der Waals surface area contributed by atoms with Crippen LogP contribution in [0.15, 0.2) is 64.9 Å². The average molecular weight is 379 g/mol. The van der Waals surface area contributed by atoms with Crippen molar-refractivity contribution in [1.82, 2.24) is 20.2 Å². The van der Waals surface area contributed by atoms with E-state index in [-0.39, 0.29) is 11.7 Å². The molecule has 7 heteroatoms. The number of carbonyl (C=O) groups excluding carboxylic acids is 1. The zero-order chi connectivity index (χ0) is 19.2. The summed E-state index contributed by atoms with van der Waals surface area (Å²) in [7, 11) is 1.89. The molecule has 1 amide bonds. The van der Waals surface area contributed by atoms with E-state index in [1.54, 1.807) is 0 Å². The second kappa shape index (κ2) is 8.64. The molecular weight excluding hydrogens is 358 g/mol. The second-order valence-corrected chi connectivity index (χ2v) is 7.06. The normalized spacial score (nSPS) is 11.4. The van der Waals surface area contributed by atoms with Gasteiger partial charge >= 0.3 is 0 Å². The molecule has 0 aliphatic rings. The highest BCUT2D eigenvalue weighted by molar-refractivity contribution is 7.99. The lowest BCUT2D eigenvalue weighted by Gasteiger charge is -2.04. The third-order valence-corrected chi connectivity index (χ3v) is 5.04. The van der Waals surface area contributed by atoms with Gasteiger partial charge in [0.25, 0.3) is 5.91 Å². The summed E-state index contributed by atoms with van der Waals surface area (Å²) in [5.74, 6) is 0.799. The SMILES string of the molecule is CC(=NNC(=O)CSc1nnc(-c2ccccc2)n1C)c1ccc(C)cc1. The fourth-order valence-electron chi connectivity index (χ4n) is 2.45. The molecule has 1 N–H and O–H groups in total. The van der Waals surface area contributed by atoms with Crippen LogP contribution < -0.4 is 5.43 Å². The van der Waals surface area contributed by atoms with E-state index in [4.69, 9.17) is 0 Å². The molecule has 138 valence electrons. The van der Waals surface area contributed by atoms with Gasteiger partial charge in [0.2, 0.25) is 0 Å². The third kappa shape index (κ3) is 4.83. The summed E-state index contributed by atoms with van der Waals surface area (Å²) in [5.41, 5.74) is 6.51. The predicted octanol–water partition coefficient (Wildman–Crippen LogP) is 3.42. The summed E-state index contributed by atoms with van der Waals surface area (Å²) < 4.78 is 1.88. The molecule has 0 atom stereocenters. The number of aryl methyl sites for hydroxylation is 1. The van der Waals surface area contributed by atoms with E-state index in [2.05, 4.69) is 20.7 Å². The number of hydrogen-bond donors (Lipinski definition) is 1. The number of rotatable bonds is 6. The van der Waals surface area contributed by atoms with Gasteiger partial charge in [0, 0.05) is 12.6 Å². The lowest BCUT2D eigenvalue weighted by Crippen LogP contribution is -2.21. The van der Waals surface area contributed by atoms with E-state index in [9.17, 15) is 4.79 Å². The maximum Gasteiger partial charge on any atom is 0.250 e. The Kier molecular flexibility index (Phi) is 6.03. The Morgan fingerprint density at radius 3 is 2.52 bits per heavy atom. The fraction of sp³-hybridized carbons (Fsp3) is 0.200. The molecule has 0 saturated carbocycles. The van der Waals surface area contributed by atoms with Crippen LogP contribution in [0.3, 0.4) is 0 Å². The second-order valence-electron chi connectivity index (χ2n) is 6.12. The number of hydrogen-bond acceptors (Lipinski definition) is 5. The molecule has 2 aromatic carbocycles. The summed E-state index contributed by atoms with van der Waals surface area (Å²) in [6, 6.07) is 17.8. The first kappa shape index (κ1) is 18.8. The highest BCUT2D eigenvalue weighted by atomic mass is 32.2. The minimum atomic E-state index is -0.185. The van der Waals surface area contributed by atoms with Gasteiger partial charge in [-0.1, -0.05) is 71.9 Å². The highest BCUT2D eigenvalue weighted by Gasteiger charge is 2.12. The van der Waals surface area contributed by atoms with Crippen LogP contribution in [0.5, 0.6) is 0 Å². The molecule has 0 bridgehead atoms. The van der Waals surface area contributed by atoms with Crippen LogP contribution in [0.1, 0.15) is 18.1 Å². The van der Waals surface area contributed by atoms with E-state index >= 15 is 0 Å². The van der Waals surface area contributed by atoms with Crippen molar-refractivity contribution in [2.75, 3.05) is 5.75 Å². The van der Waals surface area contributed by atoms with Crippen molar-refractivity contribution in [2.45, 2.75) is 19.0 Å². The molecule has 0 radical (unpaired) electrons. The zero-order valence-electron chi connectivity index (χ0n) is 15.5. The van der Waals surface area contributed by atoms with Crippen LogP contribution in [0.25, 0.3) is 11.4 Å². The van der Waals surface area contributed by atoms with Crippen molar-refractivity contribution >= 4 is 23.4 Å². The van der Waals surface area contributed by atoms with Crippen molar-refractivity contribution < 1.29 is 4.79 Å². The van der Waals surface area contributed by atoms with Crippen molar-refractivity contribution in [3.8, 4) is 11.4 Å². The molecule has 0 fully saturated rings. The van der Waals surface area contributed by atoms with Gasteiger partial charge in [-0.2, -0.15) is 5.10 Å². The molecule has 0 spiro atoms. The van der Waals surface area contributed by atoms with Crippen LogP contribution >= 0.6 is 11.8 Å². The molecular formula is C20H21N5OS. The van der Waals surface area contributed by atoms with Crippen molar-refractivity contribution in [1.29, 1.82) is 0 Å². The summed E-state index contributed by atoms with van der Waals surface area (Å²) in [6.45, 7) is 3.90. The number of benzene rings is 2. The van der Waals surface area contributed by atoms with Gasteiger partial charge in [-0.15, -0.1) is 10.2 Å². The Labute approximate surface area is 162 Å². The van der Waals surface area contributed by atoms with Gasteiger partial charge in [0.1, 0.15) is 0 Å². The Balaban J connectivity index is 1.57. The molecule has 3 rings (SSSR count). The predicted molar refractivity (Wildman–Crippen MR) is 109 cm³/mol. The molecule has 0 aliphatic heterocycles. The van der Waals surface area contributed by atoms with Crippen molar-refractivity contribution in [2.24, 2.45) is 12.1 Å². The maximum absolute atomic E-state index is 12.1. The highest BCUT2D eigenvalue weighted by Crippen LogP contribution is 2.22. The molecule has 1 heterocycles. The van der Waals surface area contributed by atoms with Crippen LogP contribution in [-0.2, 0) is 11.8 Å². The maximum atomic E-state index is 12.1. The molecule has 0 saturated heterocycles. The summed E-state index contributed by atoms with van der Waals surface area (Å²) >= 11 is 1.33. The van der Waals surface area contributed by atoms with Crippen LogP contribution in [0.2, 0.25) is 0 Å². The minimum Gasteiger partial charge on any atom is -0.305 e. The topological polar surface area (TPSA) is 72.2 Å². The largest absolute Gasteiger partial charge is 0.305 e. The minimum absolute atomic E-state index is 0.185. The Bertz CT molecular complexity index is 948. The van der Waals surface area contributed by atoms with Gasteiger partial charge in [0.05, 0.1) is 11.5 Å². The number of carbonyl (C=O) groups is 1. The average Bonchev–Trinajstić information content (AvgIpc) is 3.06. The monoisotopic (exact) mass is 379 g/mol. The summed E-state index contributed by atoms with van der Waals surface area (Å²) in [6.07, 6.45) is 0. The molecule has 1 aromatic heterocycles. The first-order valence-corrected chi connectivity index (χ1v) is 9.51. The van der Waals surface area contributed by atoms with E-state index < -0.39 is 0 Å². The number of hydrazone groups is 1. The van der Waals surface area contributed by atoms with Crippen LogP contribution in [0, 0.1) is 6.92 Å². The Morgan fingerprint density at radius 1 is 1.11 bits per heavy atom.